The molecule has 9 rings (SSSR count). The molecule has 1 aliphatic rings. The lowest BCUT2D eigenvalue weighted by molar-refractivity contribution is 0.764. The van der Waals surface area contributed by atoms with Crippen LogP contribution in [0.5, 0.6) is 0 Å². The lowest BCUT2D eigenvalue weighted by Crippen LogP contribution is -2.08. The van der Waals surface area contributed by atoms with Crippen molar-refractivity contribution in [3.05, 3.63) is 176 Å². The van der Waals surface area contributed by atoms with Gasteiger partial charge in [0.1, 0.15) is 5.82 Å². The Hall–Kier alpha value is -6.59. The molecule has 0 amide bonds. The first-order valence-corrected chi connectivity index (χ1v) is 16.9. The molecule has 0 saturated heterocycles. The fourth-order valence-corrected chi connectivity index (χ4v) is 6.69. The highest BCUT2D eigenvalue weighted by Crippen LogP contribution is 2.38. The predicted molar refractivity (Wildman–Crippen MR) is 203 cm³/mol. The average Bonchev–Trinajstić information content (AvgIpc) is 3.21. The van der Waals surface area contributed by atoms with Crippen LogP contribution in [-0.2, 0) is 0 Å². The summed E-state index contributed by atoms with van der Waals surface area (Å²) in [5.41, 5.74) is 6.43. The Morgan fingerprint density at radius 1 is 0.420 bits per heavy atom. The van der Waals surface area contributed by atoms with Crippen molar-refractivity contribution in [1.82, 2.24) is 24.9 Å². The van der Waals surface area contributed by atoms with Gasteiger partial charge in [-0.25, -0.2) is 24.9 Å². The van der Waals surface area contributed by atoms with Gasteiger partial charge in [-0.05, 0) is 46.2 Å². The predicted octanol–water partition coefficient (Wildman–Crippen LogP) is 10.9. The van der Waals surface area contributed by atoms with Gasteiger partial charge in [-0.2, -0.15) is 0 Å². The van der Waals surface area contributed by atoms with E-state index in [1.807, 2.05) is 48.5 Å². The second-order valence-electron chi connectivity index (χ2n) is 12.5. The first kappa shape index (κ1) is 29.5. The molecule has 2 aromatic heterocycles. The average molecular weight is 642 g/mol. The molecule has 0 fully saturated rings. The second-order valence-corrected chi connectivity index (χ2v) is 12.5. The molecule has 50 heavy (non-hydrogen) atoms. The topological polar surface area (TPSA) is 64.5 Å². The molecule has 0 N–H and O–H groups in total. The van der Waals surface area contributed by atoms with Crippen molar-refractivity contribution in [3.8, 4) is 56.7 Å². The van der Waals surface area contributed by atoms with Gasteiger partial charge in [0.25, 0.3) is 0 Å². The minimum Gasteiger partial charge on any atom is -0.228 e. The highest BCUT2D eigenvalue weighted by molar-refractivity contribution is 5.98. The Morgan fingerprint density at radius 2 is 1.02 bits per heavy atom. The zero-order valence-corrected chi connectivity index (χ0v) is 27.2. The van der Waals surface area contributed by atoms with Crippen molar-refractivity contribution in [2.24, 2.45) is 0 Å². The van der Waals surface area contributed by atoms with Gasteiger partial charge < -0.3 is 0 Å². The summed E-state index contributed by atoms with van der Waals surface area (Å²) in [6, 6.07) is 50.1. The number of nitrogens with zero attached hydrogens (tertiary/aromatic N) is 5. The summed E-state index contributed by atoms with van der Waals surface area (Å²) in [7, 11) is 0. The molecule has 0 saturated carbocycles. The molecule has 8 aromatic rings. The molecule has 236 valence electrons. The Bertz CT molecular complexity index is 2570. The maximum atomic E-state index is 5.33. The summed E-state index contributed by atoms with van der Waals surface area (Å²) in [5.74, 6) is 2.63. The van der Waals surface area contributed by atoms with E-state index in [-0.39, 0.29) is 5.92 Å². The van der Waals surface area contributed by atoms with Gasteiger partial charge in [0.05, 0.1) is 11.4 Å². The van der Waals surface area contributed by atoms with E-state index in [0.29, 0.717) is 17.5 Å². The Kier molecular flexibility index (Phi) is 7.56. The Morgan fingerprint density at radius 3 is 1.74 bits per heavy atom. The molecule has 1 aliphatic carbocycles. The maximum Gasteiger partial charge on any atom is 0.164 e. The van der Waals surface area contributed by atoms with Crippen LogP contribution in [0.4, 0.5) is 0 Å². The summed E-state index contributed by atoms with van der Waals surface area (Å²) in [6.45, 7) is 0. The van der Waals surface area contributed by atoms with E-state index in [0.717, 1.165) is 73.0 Å². The number of hydrogen-bond donors (Lipinski definition) is 0. The van der Waals surface area contributed by atoms with E-state index in [4.69, 9.17) is 24.9 Å². The van der Waals surface area contributed by atoms with Gasteiger partial charge in [-0.15, -0.1) is 0 Å². The minimum atomic E-state index is 0.0451. The number of aromatic nitrogens is 5. The van der Waals surface area contributed by atoms with Gasteiger partial charge in [0, 0.05) is 33.7 Å². The molecule has 1 atom stereocenters. The SMILES string of the molecule is C1=CCC(c2nc(-c3ccccc3)nc(-c3cc4ccccc4cc3-c3nc(-c4ccccc4)cc(-c4cccc5ccccc45)n3)n2)C=C1. The van der Waals surface area contributed by atoms with Gasteiger partial charge in [0.2, 0.25) is 0 Å². The highest BCUT2D eigenvalue weighted by Gasteiger charge is 2.22. The van der Waals surface area contributed by atoms with Crippen LogP contribution in [0, 0.1) is 0 Å². The molecule has 5 heteroatoms. The number of allylic oxidation sites excluding steroid dienone is 4. The Labute approximate surface area is 290 Å². The van der Waals surface area contributed by atoms with Crippen LogP contribution in [0.25, 0.3) is 78.2 Å². The van der Waals surface area contributed by atoms with Crippen molar-refractivity contribution in [2.75, 3.05) is 0 Å². The molecule has 5 nitrogen and oxygen atoms in total. The number of hydrogen-bond acceptors (Lipinski definition) is 5. The van der Waals surface area contributed by atoms with E-state index in [1.54, 1.807) is 0 Å². The fraction of sp³-hybridized carbons (Fsp3) is 0.0444. The third-order valence-electron chi connectivity index (χ3n) is 9.23. The Balaban J connectivity index is 1.32. The zero-order valence-electron chi connectivity index (χ0n) is 27.2. The minimum absolute atomic E-state index is 0.0451. The van der Waals surface area contributed by atoms with Crippen LogP contribution in [0.3, 0.4) is 0 Å². The number of benzene rings is 6. The van der Waals surface area contributed by atoms with Gasteiger partial charge in [-0.3, -0.25) is 0 Å². The molecule has 0 spiro atoms. The monoisotopic (exact) mass is 641 g/mol. The molecular formula is C45H31N5. The zero-order chi connectivity index (χ0) is 33.3. The molecule has 0 radical (unpaired) electrons. The second kappa shape index (κ2) is 12.8. The smallest absolute Gasteiger partial charge is 0.164 e. The van der Waals surface area contributed by atoms with Crippen LogP contribution in [0.15, 0.2) is 170 Å². The lowest BCUT2D eigenvalue weighted by atomic mass is 9.97. The number of fused-ring (bicyclic) bond motifs is 2. The lowest BCUT2D eigenvalue weighted by Gasteiger charge is -2.17. The van der Waals surface area contributed by atoms with Crippen LogP contribution >= 0.6 is 0 Å². The van der Waals surface area contributed by atoms with Crippen molar-refractivity contribution in [2.45, 2.75) is 12.3 Å². The maximum absolute atomic E-state index is 5.33. The van der Waals surface area contributed by atoms with Crippen LogP contribution in [-0.4, -0.2) is 24.9 Å². The molecule has 0 bridgehead atoms. The first-order valence-electron chi connectivity index (χ1n) is 16.9. The van der Waals surface area contributed by atoms with Crippen molar-refractivity contribution >= 4 is 21.5 Å². The highest BCUT2D eigenvalue weighted by atomic mass is 15.0. The van der Waals surface area contributed by atoms with E-state index >= 15 is 0 Å². The van der Waals surface area contributed by atoms with Gasteiger partial charge in [-0.1, -0.05) is 152 Å². The van der Waals surface area contributed by atoms with Crippen molar-refractivity contribution < 1.29 is 0 Å². The quantitative estimate of drug-likeness (QED) is 0.181. The molecule has 1 unspecified atom stereocenters. The van der Waals surface area contributed by atoms with Crippen LogP contribution < -0.4 is 0 Å². The third kappa shape index (κ3) is 5.65. The van der Waals surface area contributed by atoms with Gasteiger partial charge >= 0.3 is 0 Å². The summed E-state index contributed by atoms with van der Waals surface area (Å²) in [5, 5.41) is 4.48. The fourth-order valence-electron chi connectivity index (χ4n) is 6.69. The molecule has 2 heterocycles. The van der Waals surface area contributed by atoms with E-state index in [9.17, 15) is 0 Å². The van der Waals surface area contributed by atoms with Crippen LogP contribution in [0.1, 0.15) is 18.2 Å². The summed E-state index contributed by atoms with van der Waals surface area (Å²) < 4.78 is 0. The normalized spacial score (nSPS) is 14.0. The van der Waals surface area contributed by atoms with E-state index < -0.39 is 0 Å². The first-order chi connectivity index (χ1) is 24.8. The molecular weight excluding hydrogens is 611 g/mol. The largest absolute Gasteiger partial charge is 0.228 e. The number of rotatable bonds is 6. The van der Waals surface area contributed by atoms with Gasteiger partial charge in [0.15, 0.2) is 17.5 Å². The van der Waals surface area contributed by atoms with Crippen molar-refractivity contribution in [3.63, 3.8) is 0 Å². The molecule has 6 aromatic carbocycles. The summed E-state index contributed by atoms with van der Waals surface area (Å²) in [6.07, 6.45) is 9.30. The third-order valence-corrected chi connectivity index (χ3v) is 9.23. The molecule has 0 aliphatic heterocycles. The summed E-state index contributed by atoms with van der Waals surface area (Å²) >= 11 is 0. The van der Waals surface area contributed by atoms with Crippen molar-refractivity contribution in [1.29, 1.82) is 0 Å². The summed E-state index contributed by atoms with van der Waals surface area (Å²) in [4.78, 5) is 25.9. The standard InChI is InChI=1S/C45H31N5/c1-4-16-31(17-5-1)40-29-41(37-26-14-24-30-15-12-13-25-36(30)37)47-44(46-40)38-27-34-22-10-11-23-35(34)28-39(38)45-49-42(32-18-6-2-7-19-32)48-43(50-45)33-20-8-3-9-21-33/h1-20,22-29,33H,21H2. The van der Waals surface area contributed by atoms with Crippen LogP contribution in [0.2, 0.25) is 0 Å². The van der Waals surface area contributed by atoms with E-state index in [2.05, 4.69) is 121 Å². The van der Waals surface area contributed by atoms with E-state index in [1.165, 1.54) is 0 Å².